The van der Waals surface area contributed by atoms with E-state index in [1.165, 1.54) is 11.1 Å². The van der Waals surface area contributed by atoms with Crippen LogP contribution in [0.4, 0.5) is 0 Å². The van der Waals surface area contributed by atoms with Crippen molar-refractivity contribution < 1.29 is 0 Å². The molecule has 108 valence electrons. The van der Waals surface area contributed by atoms with Crippen molar-refractivity contribution >= 4 is 31.9 Å². The Morgan fingerprint density at radius 1 is 1.00 bits per heavy atom. The summed E-state index contributed by atoms with van der Waals surface area (Å²) in [7, 11) is 0. The second-order valence-corrected chi connectivity index (χ2v) is 6.78. The van der Waals surface area contributed by atoms with Crippen molar-refractivity contribution in [2.24, 2.45) is 0 Å². The number of nitriles is 1. The summed E-state index contributed by atoms with van der Waals surface area (Å²) >= 11 is 7.08. The van der Waals surface area contributed by atoms with E-state index in [2.05, 4.69) is 69.2 Å². The molecule has 4 heteroatoms. The van der Waals surface area contributed by atoms with E-state index in [0.717, 1.165) is 8.95 Å². The lowest BCUT2D eigenvalue weighted by Crippen LogP contribution is -2.22. The molecule has 2 atom stereocenters. The fourth-order valence-electron chi connectivity index (χ4n) is 2.26. The van der Waals surface area contributed by atoms with Crippen molar-refractivity contribution in [1.82, 2.24) is 5.32 Å². The Bertz CT molecular complexity index is 659. The molecule has 0 aliphatic carbocycles. The van der Waals surface area contributed by atoms with Gasteiger partial charge in [0.15, 0.2) is 0 Å². The molecule has 0 saturated heterocycles. The number of nitrogens with one attached hydrogen (secondary N) is 1. The lowest BCUT2D eigenvalue weighted by Gasteiger charge is -2.22. The zero-order chi connectivity index (χ0) is 15.4. The van der Waals surface area contributed by atoms with Crippen molar-refractivity contribution in [2.75, 3.05) is 0 Å². The van der Waals surface area contributed by atoms with Gasteiger partial charge in [-0.05, 0) is 49.2 Å². The molecular formula is C17H16Br2N2. The summed E-state index contributed by atoms with van der Waals surface area (Å²) in [5.74, 6) is 0. The Morgan fingerprint density at radius 3 is 2.24 bits per heavy atom. The highest BCUT2D eigenvalue weighted by Gasteiger charge is 2.13. The van der Waals surface area contributed by atoms with E-state index >= 15 is 0 Å². The maximum atomic E-state index is 8.84. The lowest BCUT2D eigenvalue weighted by molar-refractivity contribution is 0.493. The first-order chi connectivity index (χ1) is 10.0. The molecule has 1 N–H and O–H groups in total. The second-order valence-electron chi connectivity index (χ2n) is 5.01. The molecule has 2 aromatic rings. The summed E-state index contributed by atoms with van der Waals surface area (Å²) in [5.41, 5.74) is 3.09. The van der Waals surface area contributed by atoms with Crippen LogP contribution in [0.15, 0.2) is 51.4 Å². The molecule has 2 unspecified atom stereocenters. The smallest absolute Gasteiger partial charge is 0.0991 e. The molecule has 0 amide bonds. The second kappa shape index (κ2) is 7.22. The summed E-state index contributed by atoms with van der Waals surface area (Å²) in [5, 5.41) is 12.4. The quantitative estimate of drug-likeness (QED) is 0.726. The Kier molecular flexibility index (Phi) is 5.58. The van der Waals surface area contributed by atoms with Gasteiger partial charge in [0.05, 0.1) is 11.6 Å². The Morgan fingerprint density at radius 2 is 1.67 bits per heavy atom. The fourth-order valence-corrected chi connectivity index (χ4v) is 3.65. The minimum atomic E-state index is 0.211. The third-order valence-electron chi connectivity index (χ3n) is 3.47. The van der Waals surface area contributed by atoms with Gasteiger partial charge in [-0.25, -0.2) is 0 Å². The summed E-state index contributed by atoms with van der Waals surface area (Å²) in [6.07, 6.45) is 0. The van der Waals surface area contributed by atoms with Gasteiger partial charge in [0, 0.05) is 21.0 Å². The van der Waals surface area contributed by atoms with Crippen LogP contribution in [-0.2, 0) is 0 Å². The van der Waals surface area contributed by atoms with Crippen LogP contribution in [0, 0.1) is 11.3 Å². The molecule has 0 heterocycles. The van der Waals surface area contributed by atoms with Gasteiger partial charge in [-0.2, -0.15) is 5.26 Å². The maximum Gasteiger partial charge on any atom is 0.0991 e. The monoisotopic (exact) mass is 406 g/mol. The fraction of sp³-hybridized carbons (Fsp3) is 0.235. The van der Waals surface area contributed by atoms with Crippen molar-refractivity contribution in [3.63, 3.8) is 0 Å². The van der Waals surface area contributed by atoms with Crippen LogP contribution in [0.25, 0.3) is 0 Å². The summed E-state index contributed by atoms with van der Waals surface area (Å²) in [4.78, 5) is 0. The third-order valence-corrected chi connectivity index (χ3v) is 4.65. The molecule has 2 nitrogen and oxygen atoms in total. The van der Waals surface area contributed by atoms with E-state index in [9.17, 15) is 0 Å². The molecule has 0 bridgehead atoms. The first-order valence-electron chi connectivity index (χ1n) is 6.72. The van der Waals surface area contributed by atoms with Crippen molar-refractivity contribution in [1.29, 1.82) is 5.26 Å². The van der Waals surface area contributed by atoms with E-state index in [0.29, 0.717) is 5.56 Å². The number of halogens is 2. The summed E-state index contributed by atoms with van der Waals surface area (Å²) in [6.45, 7) is 4.28. The van der Waals surface area contributed by atoms with Crippen molar-refractivity contribution in [2.45, 2.75) is 25.9 Å². The van der Waals surface area contributed by atoms with E-state index in [4.69, 9.17) is 5.26 Å². The van der Waals surface area contributed by atoms with Crippen LogP contribution in [0.2, 0.25) is 0 Å². The molecule has 0 radical (unpaired) electrons. The van der Waals surface area contributed by atoms with Crippen LogP contribution in [-0.4, -0.2) is 0 Å². The van der Waals surface area contributed by atoms with Gasteiger partial charge in [-0.3, -0.25) is 0 Å². The van der Waals surface area contributed by atoms with Crippen molar-refractivity contribution in [3.05, 3.63) is 68.1 Å². The van der Waals surface area contributed by atoms with E-state index < -0.39 is 0 Å². The van der Waals surface area contributed by atoms with Crippen molar-refractivity contribution in [3.8, 4) is 6.07 Å². The van der Waals surface area contributed by atoms with Crippen LogP contribution in [0.5, 0.6) is 0 Å². The maximum absolute atomic E-state index is 8.84. The SMILES string of the molecule is CC(NC(C)c1ccc(Br)cc1Br)c1ccc(C#N)cc1. The van der Waals surface area contributed by atoms with Gasteiger partial charge in [-0.15, -0.1) is 0 Å². The third kappa shape index (κ3) is 4.16. The van der Waals surface area contributed by atoms with E-state index in [1.807, 2.05) is 30.3 Å². The average Bonchev–Trinajstić information content (AvgIpc) is 2.47. The highest BCUT2D eigenvalue weighted by Crippen LogP contribution is 2.28. The number of benzene rings is 2. The first-order valence-corrected chi connectivity index (χ1v) is 8.31. The van der Waals surface area contributed by atoms with Crippen LogP contribution in [0.1, 0.15) is 42.6 Å². The molecule has 2 aromatic carbocycles. The Labute approximate surface area is 142 Å². The standard InChI is InChI=1S/C17H16Br2N2/c1-11(14-5-3-13(10-20)4-6-14)21-12(2)16-8-7-15(18)9-17(16)19/h3-9,11-12,21H,1-2H3. The van der Waals surface area contributed by atoms with Crippen LogP contribution in [0.3, 0.4) is 0 Å². The Hall–Kier alpha value is -1.15. The largest absolute Gasteiger partial charge is 0.304 e. The zero-order valence-electron chi connectivity index (χ0n) is 11.9. The predicted molar refractivity (Wildman–Crippen MR) is 93.0 cm³/mol. The molecule has 0 aliphatic heterocycles. The van der Waals surface area contributed by atoms with Gasteiger partial charge in [0.2, 0.25) is 0 Å². The molecule has 0 fully saturated rings. The number of hydrogen-bond acceptors (Lipinski definition) is 2. The highest BCUT2D eigenvalue weighted by molar-refractivity contribution is 9.11. The topological polar surface area (TPSA) is 35.8 Å². The molecule has 0 saturated carbocycles. The summed E-state index contributed by atoms with van der Waals surface area (Å²) in [6, 6.07) is 16.5. The number of rotatable bonds is 4. The molecule has 0 spiro atoms. The van der Waals surface area contributed by atoms with Crippen LogP contribution < -0.4 is 5.32 Å². The molecule has 0 aromatic heterocycles. The normalized spacial score (nSPS) is 13.5. The van der Waals surface area contributed by atoms with Gasteiger partial charge >= 0.3 is 0 Å². The number of nitrogens with zero attached hydrogens (tertiary/aromatic N) is 1. The molecular weight excluding hydrogens is 392 g/mol. The van der Waals surface area contributed by atoms with Gasteiger partial charge < -0.3 is 5.32 Å². The van der Waals surface area contributed by atoms with Gasteiger partial charge in [-0.1, -0.05) is 50.1 Å². The minimum absolute atomic E-state index is 0.211. The minimum Gasteiger partial charge on any atom is -0.304 e. The van der Waals surface area contributed by atoms with E-state index in [1.54, 1.807) is 0 Å². The van der Waals surface area contributed by atoms with E-state index in [-0.39, 0.29) is 12.1 Å². The van der Waals surface area contributed by atoms with Gasteiger partial charge in [0.25, 0.3) is 0 Å². The first kappa shape index (κ1) is 16.2. The molecule has 0 aliphatic rings. The molecule has 21 heavy (non-hydrogen) atoms. The predicted octanol–water partition coefficient (Wildman–Crippen LogP) is 5.50. The van der Waals surface area contributed by atoms with Gasteiger partial charge in [0.1, 0.15) is 0 Å². The lowest BCUT2D eigenvalue weighted by atomic mass is 10.0. The molecule has 2 rings (SSSR count). The van der Waals surface area contributed by atoms with Crippen LogP contribution >= 0.6 is 31.9 Å². The highest BCUT2D eigenvalue weighted by atomic mass is 79.9. The average molecular weight is 408 g/mol. The Balaban J connectivity index is 2.10. The summed E-state index contributed by atoms with van der Waals surface area (Å²) < 4.78 is 2.15. The number of hydrogen-bond donors (Lipinski definition) is 1. The zero-order valence-corrected chi connectivity index (χ0v) is 15.1.